The Kier molecular flexibility index (Phi) is 3.29. The summed E-state index contributed by atoms with van der Waals surface area (Å²) < 4.78 is 5.45. The van der Waals surface area contributed by atoms with Gasteiger partial charge >= 0.3 is 0 Å². The molecule has 0 aromatic carbocycles. The van der Waals surface area contributed by atoms with E-state index >= 15 is 0 Å². The number of hydrogen-bond donors (Lipinski definition) is 0. The first kappa shape index (κ1) is 10.9. The van der Waals surface area contributed by atoms with Gasteiger partial charge in [0.05, 0.1) is 6.61 Å². The third kappa shape index (κ3) is 2.33. The quantitative estimate of drug-likeness (QED) is 0.712. The fourth-order valence-corrected chi connectivity index (χ4v) is 2.61. The molecule has 2 rings (SSSR count). The first-order valence-corrected chi connectivity index (χ1v) is 6.11. The Bertz CT molecular complexity index is 234. The molecule has 0 aromatic heterocycles. The molecule has 3 heteroatoms. The molecule has 86 valence electrons. The highest BCUT2D eigenvalue weighted by Crippen LogP contribution is 2.38. The molecule has 2 saturated heterocycles. The predicted molar refractivity (Wildman–Crippen MR) is 58.6 cm³/mol. The molecule has 1 atom stereocenters. The third-order valence-electron chi connectivity index (χ3n) is 3.72. The number of nitrogens with zero attached hydrogens (tertiary/aromatic N) is 1. The van der Waals surface area contributed by atoms with Crippen LogP contribution < -0.4 is 0 Å². The standard InChI is InChI=1S/C12H21NO2/c1-2-3-4-11(14)13-7-5-12(9-13)6-8-15-10-12/h2-10H2,1H3/t12-/m0/s1. The van der Waals surface area contributed by atoms with E-state index in [1.165, 1.54) is 0 Å². The predicted octanol–water partition coefficient (Wildman–Crippen LogP) is 1.82. The molecule has 2 heterocycles. The van der Waals surface area contributed by atoms with Gasteiger partial charge in [-0.3, -0.25) is 4.79 Å². The van der Waals surface area contributed by atoms with Gasteiger partial charge in [0.15, 0.2) is 0 Å². The highest BCUT2D eigenvalue weighted by Gasteiger charge is 2.42. The number of hydrogen-bond acceptors (Lipinski definition) is 2. The Hall–Kier alpha value is -0.570. The van der Waals surface area contributed by atoms with Crippen molar-refractivity contribution < 1.29 is 9.53 Å². The van der Waals surface area contributed by atoms with Gasteiger partial charge in [-0.05, 0) is 19.3 Å². The van der Waals surface area contributed by atoms with Crippen molar-refractivity contribution in [1.82, 2.24) is 4.90 Å². The maximum atomic E-state index is 11.8. The van der Waals surface area contributed by atoms with Gasteiger partial charge in [-0.25, -0.2) is 0 Å². The molecule has 0 radical (unpaired) electrons. The Labute approximate surface area is 91.8 Å². The van der Waals surface area contributed by atoms with E-state index in [4.69, 9.17) is 4.74 Å². The van der Waals surface area contributed by atoms with Gasteiger partial charge in [0.2, 0.25) is 5.91 Å². The maximum Gasteiger partial charge on any atom is 0.222 e. The molecule has 1 spiro atoms. The second-order valence-electron chi connectivity index (χ2n) is 4.97. The van der Waals surface area contributed by atoms with Crippen molar-refractivity contribution in [2.75, 3.05) is 26.3 Å². The van der Waals surface area contributed by atoms with Crippen LogP contribution in [0.25, 0.3) is 0 Å². The summed E-state index contributed by atoms with van der Waals surface area (Å²) in [6.07, 6.45) is 5.15. The normalized spacial score (nSPS) is 30.3. The van der Waals surface area contributed by atoms with E-state index in [1.807, 2.05) is 4.90 Å². The molecule has 15 heavy (non-hydrogen) atoms. The van der Waals surface area contributed by atoms with Gasteiger partial charge in [0.1, 0.15) is 0 Å². The molecule has 0 unspecified atom stereocenters. The van der Waals surface area contributed by atoms with Crippen LogP contribution in [0, 0.1) is 5.41 Å². The van der Waals surface area contributed by atoms with Crippen LogP contribution in [-0.4, -0.2) is 37.1 Å². The van der Waals surface area contributed by atoms with Crippen molar-refractivity contribution >= 4 is 5.91 Å². The number of carbonyl (C=O) groups excluding carboxylic acids is 1. The summed E-state index contributed by atoms with van der Waals surface area (Å²) in [4.78, 5) is 13.9. The second-order valence-corrected chi connectivity index (χ2v) is 4.97. The summed E-state index contributed by atoms with van der Waals surface area (Å²) in [7, 11) is 0. The Morgan fingerprint density at radius 2 is 2.33 bits per heavy atom. The molecule has 0 N–H and O–H groups in total. The van der Waals surface area contributed by atoms with Gasteiger partial charge in [-0.2, -0.15) is 0 Å². The Balaban J connectivity index is 1.83. The lowest BCUT2D eigenvalue weighted by atomic mass is 9.87. The van der Waals surface area contributed by atoms with Gasteiger partial charge in [-0.15, -0.1) is 0 Å². The average molecular weight is 211 g/mol. The van der Waals surface area contributed by atoms with Crippen LogP contribution in [0.3, 0.4) is 0 Å². The topological polar surface area (TPSA) is 29.5 Å². The summed E-state index contributed by atoms with van der Waals surface area (Å²) in [5.41, 5.74) is 0.321. The molecule has 2 fully saturated rings. The monoisotopic (exact) mass is 211 g/mol. The molecular weight excluding hydrogens is 190 g/mol. The van der Waals surface area contributed by atoms with Crippen molar-refractivity contribution in [3.05, 3.63) is 0 Å². The highest BCUT2D eigenvalue weighted by molar-refractivity contribution is 5.76. The van der Waals surface area contributed by atoms with E-state index in [9.17, 15) is 4.79 Å². The summed E-state index contributed by atoms with van der Waals surface area (Å²) in [6.45, 7) is 5.77. The fourth-order valence-electron chi connectivity index (χ4n) is 2.61. The van der Waals surface area contributed by atoms with E-state index in [0.29, 0.717) is 11.3 Å². The lowest BCUT2D eigenvalue weighted by molar-refractivity contribution is -0.130. The second kappa shape index (κ2) is 4.52. The minimum atomic E-state index is 0.321. The molecule has 1 amide bonds. The van der Waals surface area contributed by atoms with Crippen LogP contribution in [0.2, 0.25) is 0 Å². The SMILES string of the molecule is CCCCC(=O)N1CC[C@]2(CCOC2)C1. The Morgan fingerprint density at radius 1 is 1.47 bits per heavy atom. The third-order valence-corrected chi connectivity index (χ3v) is 3.72. The minimum Gasteiger partial charge on any atom is -0.381 e. The van der Waals surface area contributed by atoms with Gasteiger partial charge in [0, 0.05) is 31.5 Å². The van der Waals surface area contributed by atoms with Crippen molar-refractivity contribution in [1.29, 1.82) is 0 Å². The van der Waals surface area contributed by atoms with Gasteiger partial charge < -0.3 is 9.64 Å². The van der Waals surface area contributed by atoms with E-state index in [-0.39, 0.29) is 0 Å². The summed E-state index contributed by atoms with van der Waals surface area (Å²) in [6, 6.07) is 0. The first-order chi connectivity index (χ1) is 7.26. The number of likely N-dealkylation sites (tertiary alicyclic amines) is 1. The lowest BCUT2D eigenvalue weighted by Crippen LogP contribution is -2.32. The average Bonchev–Trinajstić information content (AvgIpc) is 2.86. The van der Waals surface area contributed by atoms with E-state index in [0.717, 1.165) is 58.4 Å². The number of carbonyl (C=O) groups is 1. The zero-order valence-electron chi connectivity index (χ0n) is 9.63. The number of amides is 1. The number of rotatable bonds is 3. The summed E-state index contributed by atoms with van der Waals surface area (Å²) >= 11 is 0. The molecule has 3 nitrogen and oxygen atoms in total. The van der Waals surface area contributed by atoms with Crippen molar-refractivity contribution in [2.24, 2.45) is 5.41 Å². The van der Waals surface area contributed by atoms with E-state index in [1.54, 1.807) is 0 Å². The summed E-state index contributed by atoms with van der Waals surface area (Å²) in [5, 5.41) is 0. The number of ether oxygens (including phenoxy) is 1. The highest BCUT2D eigenvalue weighted by atomic mass is 16.5. The largest absolute Gasteiger partial charge is 0.381 e. The minimum absolute atomic E-state index is 0.321. The van der Waals surface area contributed by atoms with Crippen LogP contribution in [0.4, 0.5) is 0 Å². The smallest absolute Gasteiger partial charge is 0.222 e. The summed E-state index contributed by atoms with van der Waals surface area (Å²) in [5.74, 6) is 0.348. The molecule has 0 bridgehead atoms. The van der Waals surface area contributed by atoms with Crippen LogP contribution in [0.15, 0.2) is 0 Å². The molecule has 0 saturated carbocycles. The molecule has 2 aliphatic heterocycles. The van der Waals surface area contributed by atoms with E-state index in [2.05, 4.69) is 6.92 Å². The van der Waals surface area contributed by atoms with Gasteiger partial charge in [0.25, 0.3) is 0 Å². The van der Waals surface area contributed by atoms with Crippen molar-refractivity contribution in [3.63, 3.8) is 0 Å². The zero-order chi connectivity index (χ0) is 10.7. The van der Waals surface area contributed by atoms with Crippen LogP contribution in [0.1, 0.15) is 39.0 Å². The molecule has 2 aliphatic rings. The molecular formula is C12H21NO2. The van der Waals surface area contributed by atoms with Crippen molar-refractivity contribution in [2.45, 2.75) is 39.0 Å². The molecule has 0 aromatic rings. The van der Waals surface area contributed by atoms with Gasteiger partial charge in [-0.1, -0.05) is 13.3 Å². The fraction of sp³-hybridized carbons (Fsp3) is 0.917. The maximum absolute atomic E-state index is 11.8. The van der Waals surface area contributed by atoms with Crippen LogP contribution in [-0.2, 0) is 9.53 Å². The zero-order valence-corrected chi connectivity index (χ0v) is 9.63. The number of unbranched alkanes of at least 4 members (excludes halogenated alkanes) is 1. The van der Waals surface area contributed by atoms with Crippen molar-refractivity contribution in [3.8, 4) is 0 Å². The Morgan fingerprint density at radius 3 is 3.00 bits per heavy atom. The van der Waals surface area contributed by atoms with Crippen LogP contribution >= 0.6 is 0 Å². The van der Waals surface area contributed by atoms with Crippen LogP contribution in [0.5, 0.6) is 0 Å². The van der Waals surface area contributed by atoms with E-state index < -0.39 is 0 Å². The lowest BCUT2D eigenvalue weighted by Gasteiger charge is -2.21. The first-order valence-electron chi connectivity index (χ1n) is 6.11. The molecule has 0 aliphatic carbocycles.